The molecule has 3 rings (SSSR count). The van der Waals surface area contributed by atoms with Crippen LogP contribution in [0.4, 0.5) is 10.5 Å². The number of anilines is 1. The summed E-state index contributed by atoms with van der Waals surface area (Å²) >= 11 is 0. The Balaban J connectivity index is 1.85. The number of para-hydroxylation sites is 1. The van der Waals surface area contributed by atoms with E-state index in [1.807, 2.05) is 51.1 Å². The lowest BCUT2D eigenvalue weighted by atomic mass is 9.74. The lowest BCUT2D eigenvalue weighted by Gasteiger charge is -2.41. The third-order valence-corrected chi connectivity index (χ3v) is 6.08. The van der Waals surface area contributed by atoms with E-state index in [0.717, 1.165) is 34.4 Å². The van der Waals surface area contributed by atoms with Crippen molar-refractivity contribution < 1.29 is 14.3 Å². The monoisotopic (exact) mass is 408 g/mol. The topological polar surface area (TPSA) is 58.6 Å². The Hall–Kier alpha value is -2.82. The summed E-state index contributed by atoms with van der Waals surface area (Å²) < 4.78 is 5.48. The van der Waals surface area contributed by atoms with Gasteiger partial charge in [0, 0.05) is 18.8 Å². The molecule has 30 heavy (non-hydrogen) atoms. The van der Waals surface area contributed by atoms with E-state index in [4.69, 9.17) is 4.74 Å². The van der Waals surface area contributed by atoms with Crippen LogP contribution < -0.4 is 5.32 Å². The van der Waals surface area contributed by atoms with Crippen molar-refractivity contribution in [1.29, 1.82) is 0 Å². The molecule has 5 heteroatoms. The van der Waals surface area contributed by atoms with Crippen LogP contribution in [0.15, 0.2) is 42.5 Å². The second-order valence-electron chi connectivity index (χ2n) is 8.33. The van der Waals surface area contributed by atoms with Crippen LogP contribution in [0.2, 0.25) is 0 Å². The van der Waals surface area contributed by atoms with E-state index >= 15 is 0 Å². The lowest BCUT2D eigenvalue weighted by molar-refractivity contribution is -0.158. The number of piperidine rings is 1. The summed E-state index contributed by atoms with van der Waals surface area (Å²) in [5, 5.41) is 3.07. The van der Waals surface area contributed by atoms with Crippen LogP contribution >= 0.6 is 0 Å². The van der Waals surface area contributed by atoms with Gasteiger partial charge in [0.1, 0.15) is 0 Å². The molecule has 1 fully saturated rings. The molecule has 1 atom stereocenters. The Morgan fingerprint density at radius 3 is 2.37 bits per heavy atom. The normalized spacial score (nSPS) is 18.7. The van der Waals surface area contributed by atoms with E-state index in [0.29, 0.717) is 32.5 Å². The maximum atomic E-state index is 13.1. The molecule has 0 bridgehead atoms. The first-order chi connectivity index (χ1) is 14.4. The number of urea groups is 1. The van der Waals surface area contributed by atoms with Gasteiger partial charge >= 0.3 is 12.0 Å². The summed E-state index contributed by atoms with van der Waals surface area (Å²) in [6.07, 6.45) is 2.06. The number of carbonyl (C=O) groups is 2. The summed E-state index contributed by atoms with van der Waals surface area (Å²) in [6, 6.07) is 13.9. The van der Waals surface area contributed by atoms with Crippen molar-refractivity contribution in [2.45, 2.75) is 47.0 Å². The predicted molar refractivity (Wildman–Crippen MR) is 120 cm³/mol. The van der Waals surface area contributed by atoms with E-state index in [-0.39, 0.29) is 12.0 Å². The highest BCUT2D eigenvalue weighted by molar-refractivity contribution is 5.91. The first-order valence-corrected chi connectivity index (χ1v) is 10.7. The van der Waals surface area contributed by atoms with E-state index in [1.165, 1.54) is 0 Å². The molecule has 2 amide bonds. The minimum Gasteiger partial charge on any atom is -0.466 e. The van der Waals surface area contributed by atoms with Gasteiger partial charge in [-0.2, -0.15) is 0 Å². The first kappa shape index (κ1) is 21.9. The Morgan fingerprint density at radius 2 is 1.70 bits per heavy atom. The SMILES string of the molecule is CCOC(=O)[C@@]1(Cc2ccccc2C)CCCN(C(=O)Nc2c(C)cccc2C)C1. The number of hydrogen-bond donors (Lipinski definition) is 1. The van der Waals surface area contributed by atoms with Crippen molar-refractivity contribution in [2.24, 2.45) is 5.41 Å². The number of nitrogens with zero attached hydrogens (tertiary/aromatic N) is 1. The fourth-order valence-corrected chi connectivity index (χ4v) is 4.34. The van der Waals surface area contributed by atoms with Crippen LogP contribution in [0.1, 0.15) is 42.0 Å². The number of benzene rings is 2. The Labute approximate surface area is 179 Å². The molecule has 2 aromatic carbocycles. The summed E-state index contributed by atoms with van der Waals surface area (Å²) in [5.41, 5.74) is 4.45. The van der Waals surface area contributed by atoms with Crippen LogP contribution in [-0.4, -0.2) is 36.6 Å². The lowest BCUT2D eigenvalue weighted by Crippen LogP contribution is -2.52. The zero-order chi connectivity index (χ0) is 21.7. The zero-order valence-corrected chi connectivity index (χ0v) is 18.5. The quantitative estimate of drug-likeness (QED) is 0.706. The highest BCUT2D eigenvalue weighted by atomic mass is 16.5. The molecule has 0 unspecified atom stereocenters. The van der Waals surface area contributed by atoms with Gasteiger partial charge in [0.2, 0.25) is 0 Å². The molecule has 5 nitrogen and oxygen atoms in total. The van der Waals surface area contributed by atoms with Crippen LogP contribution in [0.25, 0.3) is 0 Å². The summed E-state index contributed by atoms with van der Waals surface area (Å²) in [4.78, 5) is 28.0. The number of rotatable bonds is 5. The third-order valence-electron chi connectivity index (χ3n) is 6.08. The maximum Gasteiger partial charge on any atom is 0.321 e. The molecule has 1 N–H and O–H groups in total. The van der Waals surface area contributed by atoms with Gasteiger partial charge in [0.25, 0.3) is 0 Å². The first-order valence-electron chi connectivity index (χ1n) is 10.7. The van der Waals surface area contributed by atoms with Crippen molar-refractivity contribution in [1.82, 2.24) is 4.90 Å². The number of esters is 1. The molecule has 0 radical (unpaired) electrons. The molecule has 2 aromatic rings. The van der Waals surface area contributed by atoms with E-state index in [9.17, 15) is 9.59 Å². The molecule has 0 aromatic heterocycles. The molecular weight excluding hydrogens is 376 g/mol. The second-order valence-corrected chi connectivity index (χ2v) is 8.33. The van der Waals surface area contributed by atoms with Crippen molar-refractivity contribution in [2.75, 3.05) is 25.0 Å². The Kier molecular flexibility index (Phi) is 6.80. The highest BCUT2D eigenvalue weighted by Crippen LogP contribution is 2.36. The fraction of sp³-hybridized carbons (Fsp3) is 0.440. The van der Waals surface area contributed by atoms with Gasteiger partial charge in [-0.3, -0.25) is 4.79 Å². The minimum atomic E-state index is -0.724. The summed E-state index contributed by atoms with van der Waals surface area (Å²) in [7, 11) is 0. The molecule has 1 heterocycles. The van der Waals surface area contributed by atoms with E-state index in [2.05, 4.69) is 24.4 Å². The molecule has 0 aliphatic carbocycles. The largest absolute Gasteiger partial charge is 0.466 e. The third kappa shape index (κ3) is 4.66. The minimum absolute atomic E-state index is 0.162. The summed E-state index contributed by atoms with van der Waals surface area (Å²) in [5.74, 6) is -0.210. The van der Waals surface area contributed by atoms with Crippen molar-refractivity contribution in [3.05, 3.63) is 64.7 Å². The molecular formula is C25H32N2O3. The number of hydrogen-bond acceptors (Lipinski definition) is 3. The van der Waals surface area contributed by atoms with Gasteiger partial charge in [-0.25, -0.2) is 4.79 Å². The number of nitrogens with one attached hydrogen (secondary N) is 1. The van der Waals surface area contributed by atoms with Gasteiger partial charge in [-0.1, -0.05) is 42.5 Å². The van der Waals surface area contributed by atoms with Crippen LogP contribution in [0.5, 0.6) is 0 Å². The zero-order valence-electron chi connectivity index (χ0n) is 18.5. The number of carbonyl (C=O) groups excluding carboxylic acids is 2. The van der Waals surface area contributed by atoms with E-state index < -0.39 is 5.41 Å². The smallest absolute Gasteiger partial charge is 0.321 e. The average Bonchev–Trinajstić information content (AvgIpc) is 2.73. The van der Waals surface area contributed by atoms with E-state index in [1.54, 1.807) is 4.90 Å². The molecule has 1 saturated heterocycles. The predicted octanol–water partition coefficient (Wildman–Crippen LogP) is 5.03. The Morgan fingerprint density at radius 1 is 1.03 bits per heavy atom. The second kappa shape index (κ2) is 9.33. The molecule has 1 aliphatic rings. The highest BCUT2D eigenvalue weighted by Gasteiger charge is 2.45. The van der Waals surface area contributed by atoms with Gasteiger partial charge in [-0.05, 0) is 69.2 Å². The van der Waals surface area contributed by atoms with Gasteiger partial charge in [0.15, 0.2) is 0 Å². The summed E-state index contributed by atoms with van der Waals surface area (Å²) in [6.45, 7) is 9.18. The van der Waals surface area contributed by atoms with Gasteiger partial charge < -0.3 is 15.0 Å². The van der Waals surface area contributed by atoms with Crippen molar-refractivity contribution in [3.8, 4) is 0 Å². The average molecular weight is 409 g/mol. The number of aryl methyl sites for hydroxylation is 3. The van der Waals surface area contributed by atoms with Crippen molar-refractivity contribution in [3.63, 3.8) is 0 Å². The van der Waals surface area contributed by atoms with Crippen LogP contribution in [0, 0.1) is 26.2 Å². The Bertz CT molecular complexity index is 904. The van der Waals surface area contributed by atoms with Gasteiger partial charge in [0.05, 0.1) is 12.0 Å². The molecule has 160 valence electrons. The molecule has 0 saturated carbocycles. The molecule has 1 aliphatic heterocycles. The number of ether oxygens (including phenoxy) is 1. The fourth-order valence-electron chi connectivity index (χ4n) is 4.34. The maximum absolute atomic E-state index is 13.1. The number of likely N-dealkylation sites (tertiary alicyclic amines) is 1. The number of amides is 2. The van der Waals surface area contributed by atoms with Crippen molar-refractivity contribution >= 4 is 17.7 Å². The van der Waals surface area contributed by atoms with Crippen LogP contribution in [-0.2, 0) is 16.0 Å². The standard InChI is InChI=1S/C25H32N2O3/c1-5-30-23(28)25(16-21-13-7-6-10-18(21)2)14-9-15-27(17-25)24(29)26-22-19(3)11-8-12-20(22)4/h6-8,10-13H,5,9,14-17H2,1-4H3,(H,26,29)/t25-/m1/s1. The molecule has 0 spiro atoms. The van der Waals surface area contributed by atoms with Gasteiger partial charge in [-0.15, -0.1) is 0 Å². The van der Waals surface area contributed by atoms with Crippen LogP contribution in [0.3, 0.4) is 0 Å².